The first kappa shape index (κ1) is 12.9. The minimum atomic E-state index is -0.176. The molecule has 2 unspecified atom stereocenters. The summed E-state index contributed by atoms with van der Waals surface area (Å²) in [4.78, 5) is 23.4. The van der Waals surface area contributed by atoms with Crippen molar-refractivity contribution in [3.63, 3.8) is 0 Å². The molecule has 4 heteroatoms. The Kier molecular flexibility index (Phi) is 3.84. The number of nitrogens with one attached hydrogen (secondary N) is 2. The molecule has 2 amide bonds. The SMILES string of the molecule is CC(C)=CC/C=C1\CCC2C(=O)NNC(=O)C2C1. The smallest absolute Gasteiger partial charge is 0.242 e. The second-order valence-corrected chi connectivity index (χ2v) is 5.31. The van der Waals surface area contributed by atoms with Crippen LogP contribution in [0.1, 0.15) is 39.5 Å². The molecule has 0 spiro atoms. The summed E-state index contributed by atoms with van der Waals surface area (Å²) in [5.74, 6) is -0.403. The molecule has 18 heavy (non-hydrogen) atoms. The molecule has 98 valence electrons. The first-order valence-electron chi connectivity index (χ1n) is 6.49. The van der Waals surface area contributed by atoms with E-state index in [1.807, 2.05) is 0 Å². The lowest BCUT2D eigenvalue weighted by molar-refractivity contribution is -0.144. The molecule has 1 heterocycles. The number of amides is 2. The summed E-state index contributed by atoms with van der Waals surface area (Å²) in [6.45, 7) is 4.16. The molecule has 0 aromatic rings. The van der Waals surface area contributed by atoms with Crippen LogP contribution in [0.2, 0.25) is 0 Å². The van der Waals surface area contributed by atoms with Crippen LogP contribution >= 0.6 is 0 Å². The summed E-state index contributed by atoms with van der Waals surface area (Å²) in [5, 5.41) is 0. The maximum atomic E-state index is 11.7. The summed E-state index contributed by atoms with van der Waals surface area (Å²) in [7, 11) is 0. The molecule has 2 rings (SSSR count). The second-order valence-electron chi connectivity index (χ2n) is 5.31. The van der Waals surface area contributed by atoms with Crippen molar-refractivity contribution in [1.82, 2.24) is 10.9 Å². The number of fused-ring (bicyclic) bond motifs is 1. The Morgan fingerprint density at radius 3 is 2.56 bits per heavy atom. The second kappa shape index (κ2) is 5.38. The number of hydrogen-bond donors (Lipinski definition) is 2. The Hall–Kier alpha value is -1.58. The van der Waals surface area contributed by atoms with Crippen molar-refractivity contribution in [1.29, 1.82) is 0 Å². The minimum absolute atomic E-state index is 0.0389. The van der Waals surface area contributed by atoms with Gasteiger partial charge in [0.1, 0.15) is 0 Å². The van der Waals surface area contributed by atoms with Gasteiger partial charge in [-0.3, -0.25) is 20.4 Å². The van der Waals surface area contributed by atoms with Gasteiger partial charge in [0, 0.05) is 0 Å². The van der Waals surface area contributed by atoms with Gasteiger partial charge in [-0.15, -0.1) is 0 Å². The van der Waals surface area contributed by atoms with Crippen molar-refractivity contribution in [3.8, 4) is 0 Å². The summed E-state index contributed by atoms with van der Waals surface area (Å²) >= 11 is 0. The first-order chi connectivity index (χ1) is 8.58. The third-order valence-corrected chi connectivity index (χ3v) is 3.66. The molecule has 2 aliphatic rings. The van der Waals surface area contributed by atoms with Gasteiger partial charge in [0.2, 0.25) is 11.8 Å². The zero-order valence-electron chi connectivity index (χ0n) is 11.0. The van der Waals surface area contributed by atoms with Crippen LogP contribution in [0.4, 0.5) is 0 Å². The number of allylic oxidation sites excluding steroid dienone is 4. The van der Waals surface area contributed by atoms with Gasteiger partial charge in [-0.1, -0.05) is 23.3 Å². The largest absolute Gasteiger partial charge is 0.273 e. The van der Waals surface area contributed by atoms with Gasteiger partial charge in [-0.2, -0.15) is 0 Å². The van der Waals surface area contributed by atoms with E-state index in [0.717, 1.165) is 25.7 Å². The van der Waals surface area contributed by atoms with E-state index in [1.54, 1.807) is 0 Å². The summed E-state index contributed by atoms with van der Waals surface area (Å²) in [6, 6.07) is 0. The van der Waals surface area contributed by atoms with Crippen LogP contribution in [0.15, 0.2) is 23.3 Å². The molecule has 1 aliphatic heterocycles. The van der Waals surface area contributed by atoms with E-state index in [9.17, 15) is 9.59 Å². The summed E-state index contributed by atoms with van der Waals surface area (Å²) in [6.07, 6.45) is 7.72. The number of hydrogen-bond acceptors (Lipinski definition) is 2. The van der Waals surface area contributed by atoms with Crippen LogP contribution in [0, 0.1) is 11.8 Å². The third kappa shape index (κ3) is 2.81. The van der Waals surface area contributed by atoms with E-state index in [0.29, 0.717) is 0 Å². The highest BCUT2D eigenvalue weighted by atomic mass is 16.2. The molecule has 2 N–H and O–H groups in total. The molecule has 1 saturated heterocycles. The maximum absolute atomic E-state index is 11.7. The number of carbonyl (C=O) groups is 2. The van der Waals surface area contributed by atoms with Crippen LogP contribution < -0.4 is 10.9 Å². The maximum Gasteiger partial charge on any atom is 0.242 e. The molecule has 2 atom stereocenters. The van der Waals surface area contributed by atoms with Crippen LogP contribution in [0.25, 0.3) is 0 Å². The normalized spacial score (nSPS) is 29.3. The molecule has 0 bridgehead atoms. The molecule has 2 fully saturated rings. The van der Waals surface area contributed by atoms with Crippen molar-refractivity contribution >= 4 is 11.8 Å². The number of rotatable bonds is 2. The van der Waals surface area contributed by atoms with Gasteiger partial charge in [-0.05, 0) is 39.5 Å². The lowest BCUT2D eigenvalue weighted by atomic mass is 9.75. The Labute approximate surface area is 107 Å². The highest BCUT2D eigenvalue weighted by molar-refractivity contribution is 5.93. The standard InChI is InChI=1S/C14H20N2O2/c1-9(2)4-3-5-10-6-7-11-12(8-10)14(18)16-15-13(11)17/h4-5,11-12H,3,6-8H2,1-2H3,(H,15,17)(H,16,18)/b10-5+. The van der Waals surface area contributed by atoms with E-state index in [1.165, 1.54) is 11.1 Å². The summed E-state index contributed by atoms with van der Waals surface area (Å²) in [5.41, 5.74) is 7.49. The number of carbonyl (C=O) groups excluding carboxylic acids is 2. The quantitative estimate of drug-likeness (QED) is 0.733. The van der Waals surface area contributed by atoms with E-state index in [-0.39, 0.29) is 23.7 Å². The average molecular weight is 248 g/mol. The molecule has 0 aromatic heterocycles. The van der Waals surface area contributed by atoms with Gasteiger partial charge >= 0.3 is 0 Å². The molecular formula is C14H20N2O2. The van der Waals surface area contributed by atoms with Crippen molar-refractivity contribution in [3.05, 3.63) is 23.3 Å². The molecule has 4 nitrogen and oxygen atoms in total. The van der Waals surface area contributed by atoms with Crippen LogP contribution in [-0.4, -0.2) is 11.8 Å². The van der Waals surface area contributed by atoms with E-state index in [4.69, 9.17) is 0 Å². The minimum Gasteiger partial charge on any atom is -0.273 e. The predicted octanol–water partition coefficient (Wildman–Crippen LogP) is 1.85. The lowest BCUT2D eigenvalue weighted by Crippen LogP contribution is -2.57. The zero-order valence-corrected chi connectivity index (χ0v) is 11.0. The molecule has 1 aliphatic carbocycles. The Balaban J connectivity index is 2.02. The molecular weight excluding hydrogens is 228 g/mol. The fraction of sp³-hybridized carbons (Fsp3) is 0.571. The first-order valence-corrected chi connectivity index (χ1v) is 6.49. The lowest BCUT2D eigenvalue weighted by Gasteiger charge is -2.34. The average Bonchev–Trinajstić information content (AvgIpc) is 2.34. The monoisotopic (exact) mass is 248 g/mol. The zero-order chi connectivity index (χ0) is 13.1. The summed E-state index contributed by atoms with van der Waals surface area (Å²) < 4.78 is 0. The van der Waals surface area contributed by atoms with Crippen molar-refractivity contribution in [2.24, 2.45) is 11.8 Å². The van der Waals surface area contributed by atoms with E-state index >= 15 is 0 Å². The van der Waals surface area contributed by atoms with Crippen LogP contribution in [-0.2, 0) is 9.59 Å². The molecule has 0 aromatic carbocycles. The van der Waals surface area contributed by atoms with Crippen LogP contribution in [0.5, 0.6) is 0 Å². The fourth-order valence-electron chi connectivity index (χ4n) is 2.61. The predicted molar refractivity (Wildman–Crippen MR) is 69.2 cm³/mol. The van der Waals surface area contributed by atoms with Crippen LogP contribution in [0.3, 0.4) is 0 Å². The number of hydrazine groups is 1. The van der Waals surface area contributed by atoms with Crippen molar-refractivity contribution in [2.75, 3.05) is 0 Å². The Morgan fingerprint density at radius 1 is 1.22 bits per heavy atom. The third-order valence-electron chi connectivity index (χ3n) is 3.66. The molecule has 1 saturated carbocycles. The fourth-order valence-corrected chi connectivity index (χ4v) is 2.61. The highest BCUT2D eigenvalue weighted by Gasteiger charge is 2.40. The van der Waals surface area contributed by atoms with Gasteiger partial charge in [-0.25, -0.2) is 0 Å². The Morgan fingerprint density at radius 2 is 1.89 bits per heavy atom. The van der Waals surface area contributed by atoms with E-state index < -0.39 is 0 Å². The van der Waals surface area contributed by atoms with Crippen molar-refractivity contribution < 1.29 is 9.59 Å². The highest BCUT2D eigenvalue weighted by Crippen LogP contribution is 2.35. The van der Waals surface area contributed by atoms with E-state index in [2.05, 4.69) is 36.9 Å². The van der Waals surface area contributed by atoms with Gasteiger partial charge in [0.05, 0.1) is 11.8 Å². The molecule has 0 radical (unpaired) electrons. The van der Waals surface area contributed by atoms with Gasteiger partial charge < -0.3 is 0 Å². The van der Waals surface area contributed by atoms with Crippen molar-refractivity contribution in [2.45, 2.75) is 39.5 Å². The Bertz CT molecular complexity index is 420. The topological polar surface area (TPSA) is 58.2 Å². The van der Waals surface area contributed by atoms with Gasteiger partial charge in [0.25, 0.3) is 0 Å². The van der Waals surface area contributed by atoms with Gasteiger partial charge in [0.15, 0.2) is 0 Å².